The molecular formula is C14H26N2O3. The molecule has 19 heavy (non-hydrogen) atoms. The Balaban J connectivity index is 2.53. The normalized spacial score (nSPS) is 21.3. The van der Waals surface area contributed by atoms with Crippen molar-refractivity contribution >= 4 is 12.0 Å². The van der Waals surface area contributed by atoms with Crippen LogP contribution in [0.2, 0.25) is 0 Å². The van der Waals surface area contributed by atoms with E-state index in [-0.39, 0.29) is 11.9 Å². The van der Waals surface area contributed by atoms with Crippen LogP contribution in [0.5, 0.6) is 0 Å². The quantitative estimate of drug-likeness (QED) is 0.805. The third-order valence-electron chi connectivity index (χ3n) is 3.69. The van der Waals surface area contributed by atoms with Crippen molar-refractivity contribution in [1.29, 1.82) is 0 Å². The van der Waals surface area contributed by atoms with E-state index >= 15 is 0 Å². The first-order chi connectivity index (χ1) is 8.93. The van der Waals surface area contributed by atoms with Gasteiger partial charge < -0.3 is 15.3 Å². The molecule has 0 saturated carbocycles. The molecule has 1 heterocycles. The fourth-order valence-corrected chi connectivity index (χ4v) is 2.52. The maximum Gasteiger partial charge on any atom is 0.326 e. The van der Waals surface area contributed by atoms with Crippen LogP contribution in [0.15, 0.2) is 0 Å². The summed E-state index contributed by atoms with van der Waals surface area (Å²) in [5.41, 5.74) is 0. The van der Waals surface area contributed by atoms with Gasteiger partial charge in [-0.25, -0.2) is 9.59 Å². The molecule has 1 aliphatic rings. The lowest BCUT2D eigenvalue weighted by Gasteiger charge is -2.33. The van der Waals surface area contributed by atoms with Crippen LogP contribution in [0.1, 0.15) is 46.5 Å². The summed E-state index contributed by atoms with van der Waals surface area (Å²) >= 11 is 0. The second kappa shape index (κ2) is 7.36. The van der Waals surface area contributed by atoms with Gasteiger partial charge in [0.05, 0.1) is 0 Å². The Hall–Kier alpha value is -1.26. The molecule has 110 valence electrons. The van der Waals surface area contributed by atoms with E-state index in [0.29, 0.717) is 12.3 Å². The Labute approximate surface area is 115 Å². The van der Waals surface area contributed by atoms with Crippen molar-refractivity contribution in [2.24, 2.45) is 11.8 Å². The third-order valence-corrected chi connectivity index (χ3v) is 3.69. The molecule has 0 bridgehead atoms. The number of nitrogens with zero attached hydrogens (tertiary/aromatic N) is 1. The number of aliphatic carboxylic acids is 1. The van der Waals surface area contributed by atoms with Crippen LogP contribution in [-0.2, 0) is 4.79 Å². The first-order valence-electron chi connectivity index (χ1n) is 7.22. The molecule has 2 amide bonds. The summed E-state index contributed by atoms with van der Waals surface area (Å²) in [5.74, 6) is -0.162. The van der Waals surface area contributed by atoms with Crippen molar-refractivity contribution in [3.63, 3.8) is 0 Å². The number of piperidine rings is 1. The number of hydrogen-bond donors (Lipinski definition) is 2. The Morgan fingerprint density at radius 3 is 2.63 bits per heavy atom. The van der Waals surface area contributed by atoms with Gasteiger partial charge >= 0.3 is 12.0 Å². The van der Waals surface area contributed by atoms with Gasteiger partial charge in [-0.15, -0.1) is 0 Å². The Morgan fingerprint density at radius 1 is 1.42 bits per heavy atom. The van der Waals surface area contributed by atoms with E-state index < -0.39 is 12.0 Å². The number of urea groups is 1. The molecule has 5 nitrogen and oxygen atoms in total. The average Bonchev–Trinajstić information content (AvgIpc) is 2.37. The first kappa shape index (κ1) is 15.8. The van der Waals surface area contributed by atoms with Crippen molar-refractivity contribution in [2.45, 2.75) is 52.5 Å². The molecule has 0 radical (unpaired) electrons. The third kappa shape index (κ3) is 5.09. The van der Waals surface area contributed by atoms with E-state index in [4.69, 9.17) is 5.11 Å². The summed E-state index contributed by atoms with van der Waals surface area (Å²) in [5, 5.41) is 11.8. The van der Waals surface area contributed by atoms with E-state index in [1.807, 2.05) is 13.8 Å². The van der Waals surface area contributed by atoms with Crippen molar-refractivity contribution in [3.05, 3.63) is 0 Å². The van der Waals surface area contributed by atoms with Crippen molar-refractivity contribution in [2.75, 3.05) is 13.1 Å². The number of carbonyl (C=O) groups is 2. The van der Waals surface area contributed by atoms with E-state index in [1.54, 1.807) is 4.90 Å². The van der Waals surface area contributed by atoms with Crippen molar-refractivity contribution in [3.8, 4) is 0 Å². The molecule has 2 N–H and O–H groups in total. The van der Waals surface area contributed by atoms with Gasteiger partial charge in [0.1, 0.15) is 6.04 Å². The highest BCUT2D eigenvalue weighted by atomic mass is 16.4. The maximum absolute atomic E-state index is 12.1. The molecule has 1 aliphatic heterocycles. The molecule has 2 atom stereocenters. The summed E-state index contributed by atoms with van der Waals surface area (Å²) < 4.78 is 0. The van der Waals surface area contributed by atoms with Crippen LogP contribution in [0.25, 0.3) is 0 Å². The number of carboxylic acids is 1. The maximum atomic E-state index is 12.1. The minimum atomic E-state index is -0.953. The fourth-order valence-electron chi connectivity index (χ4n) is 2.52. The molecule has 1 rings (SSSR count). The molecular weight excluding hydrogens is 244 g/mol. The highest BCUT2D eigenvalue weighted by molar-refractivity contribution is 5.82. The van der Waals surface area contributed by atoms with Crippen LogP contribution in [0.4, 0.5) is 4.79 Å². The highest BCUT2D eigenvalue weighted by Gasteiger charge is 2.27. The zero-order valence-electron chi connectivity index (χ0n) is 12.2. The summed E-state index contributed by atoms with van der Waals surface area (Å²) in [4.78, 5) is 25.0. The first-order valence-corrected chi connectivity index (χ1v) is 7.22. The molecule has 0 aliphatic carbocycles. The predicted molar refractivity (Wildman–Crippen MR) is 74.0 cm³/mol. The van der Waals surface area contributed by atoms with Gasteiger partial charge in [0.25, 0.3) is 0 Å². The monoisotopic (exact) mass is 270 g/mol. The summed E-state index contributed by atoms with van der Waals surface area (Å²) in [6.07, 6.45) is 3.70. The van der Waals surface area contributed by atoms with Crippen LogP contribution >= 0.6 is 0 Å². The standard InChI is InChI=1S/C14H26N2O3/c1-4-11-6-5-7-16(9-11)14(19)15-12(13(17)18)8-10(2)3/h10-12H,4-9H2,1-3H3,(H,15,19)(H,17,18). The topological polar surface area (TPSA) is 69.6 Å². The number of nitrogens with one attached hydrogen (secondary N) is 1. The Kier molecular flexibility index (Phi) is 6.12. The van der Waals surface area contributed by atoms with Gasteiger partial charge in [-0.2, -0.15) is 0 Å². The summed E-state index contributed by atoms with van der Waals surface area (Å²) in [7, 11) is 0. The Bertz CT molecular complexity index is 318. The molecule has 2 unspecified atom stereocenters. The molecule has 0 aromatic rings. The van der Waals surface area contributed by atoms with Gasteiger partial charge in [0.2, 0.25) is 0 Å². The summed E-state index contributed by atoms with van der Waals surface area (Å²) in [6.45, 7) is 7.52. The molecule has 1 fully saturated rings. The lowest BCUT2D eigenvalue weighted by Crippen LogP contribution is -2.51. The smallest absolute Gasteiger partial charge is 0.326 e. The zero-order valence-corrected chi connectivity index (χ0v) is 12.2. The van der Waals surface area contributed by atoms with Crippen LogP contribution in [0.3, 0.4) is 0 Å². The highest BCUT2D eigenvalue weighted by Crippen LogP contribution is 2.19. The molecule has 0 aromatic carbocycles. The van der Waals surface area contributed by atoms with Crippen LogP contribution < -0.4 is 5.32 Å². The minimum Gasteiger partial charge on any atom is -0.480 e. The number of carbonyl (C=O) groups excluding carboxylic acids is 1. The van der Waals surface area contributed by atoms with E-state index in [0.717, 1.165) is 32.4 Å². The summed E-state index contributed by atoms with van der Waals surface area (Å²) in [6, 6.07) is -1.01. The molecule has 0 spiro atoms. The van der Waals surface area contributed by atoms with Gasteiger partial charge in [0.15, 0.2) is 0 Å². The SMILES string of the molecule is CCC1CCCN(C(=O)NC(CC(C)C)C(=O)O)C1. The minimum absolute atomic E-state index is 0.230. The molecule has 0 aromatic heterocycles. The zero-order chi connectivity index (χ0) is 14.4. The van der Waals surface area contributed by atoms with Gasteiger partial charge in [-0.05, 0) is 31.1 Å². The average molecular weight is 270 g/mol. The van der Waals surface area contributed by atoms with E-state index in [9.17, 15) is 9.59 Å². The Morgan fingerprint density at radius 2 is 2.11 bits per heavy atom. The second-order valence-corrected chi connectivity index (χ2v) is 5.83. The van der Waals surface area contributed by atoms with Crippen LogP contribution in [-0.4, -0.2) is 41.1 Å². The fraction of sp³-hybridized carbons (Fsp3) is 0.857. The number of likely N-dealkylation sites (tertiary alicyclic amines) is 1. The van der Waals surface area contributed by atoms with Gasteiger partial charge in [0, 0.05) is 13.1 Å². The van der Waals surface area contributed by atoms with Crippen molar-refractivity contribution < 1.29 is 14.7 Å². The van der Waals surface area contributed by atoms with Crippen molar-refractivity contribution in [1.82, 2.24) is 10.2 Å². The van der Waals surface area contributed by atoms with Gasteiger partial charge in [-0.1, -0.05) is 27.2 Å². The lowest BCUT2D eigenvalue weighted by atomic mass is 9.96. The van der Waals surface area contributed by atoms with Crippen LogP contribution in [0, 0.1) is 11.8 Å². The second-order valence-electron chi connectivity index (χ2n) is 5.83. The molecule has 1 saturated heterocycles. The number of amides is 2. The lowest BCUT2D eigenvalue weighted by molar-refractivity contribution is -0.139. The molecule has 5 heteroatoms. The predicted octanol–water partition coefficient (Wildman–Crippen LogP) is 2.32. The van der Waals surface area contributed by atoms with E-state index in [1.165, 1.54) is 0 Å². The number of carboxylic acid groups (broad SMARTS) is 1. The van der Waals surface area contributed by atoms with Gasteiger partial charge in [-0.3, -0.25) is 0 Å². The largest absolute Gasteiger partial charge is 0.480 e. The number of hydrogen-bond acceptors (Lipinski definition) is 2. The number of rotatable bonds is 5. The van der Waals surface area contributed by atoms with E-state index in [2.05, 4.69) is 12.2 Å².